The van der Waals surface area contributed by atoms with E-state index >= 15 is 0 Å². The average molecular weight is 280 g/mol. The summed E-state index contributed by atoms with van der Waals surface area (Å²) in [7, 11) is 1.75. The molecule has 108 valence electrons. The van der Waals surface area contributed by atoms with E-state index in [1.54, 1.807) is 7.11 Å². The third-order valence-corrected chi connectivity index (χ3v) is 4.96. The molecule has 21 heavy (non-hydrogen) atoms. The molecule has 0 unspecified atom stereocenters. The molecule has 2 nitrogen and oxygen atoms in total. The van der Waals surface area contributed by atoms with Crippen molar-refractivity contribution < 1.29 is 9.47 Å². The third-order valence-electron chi connectivity index (χ3n) is 4.96. The molecule has 2 aliphatic rings. The number of benzene rings is 2. The second-order valence-corrected chi connectivity index (χ2v) is 6.02. The number of fused-ring (bicyclic) bond motifs is 3. The summed E-state index contributed by atoms with van der Waals surface area (Å²) in [6.07, 6.45) is 3.93. The van der Waals surface area contributed by atoms with E-state index in [9.17, 15) is 0 Å². The van der Waals surface area contributed by atoms with E-state index in [4.69, 9.17) is 9.47 Å². The van der Waals surface area contributed by atoms with Gasteiger partial charge < -0.3 is 9.47 Å². The zero-order chi connectivity index (χ0) is 14.2. The Kier molecular flexibility index (Phi) is 3.10. The van der Waals surface area contributed by atoms with Crippen LogP contribution in [0.3, 0.4) is 0 Å². The topological polar surface area (TPSA) is 18.5 Å². The van der Waals surface area contributed by atoms with Crippen LogP contribution in [0.2, 0.25) is 0 Å². The smallest absolute Gasteiger partial charge is 0.127 e. The predicted molar refractivity (Wildman–Crippen MR) is 82.9 cm³/mol. The number of hydrogen-bond acceptors (Lipinski definition) is 2. The molecule has 4 rings (SSSR count). The van der Waals surface area contributed by atoms with Gasteiger partial charge >= 0.3 is 0 Å². The molecule has 0 saturated heterocycles. The van der Waals surface area contributed by atoms with Crippen LogP contribution in [0.25, 0.3) is 0 Å². The number of methoxy groups -OCH3 is 1. The molecule has 0 spiro atoms. The van der Waals surface area contributed by atoms with Gasteiger partial charge in [-0.1, -0.05) is 42.8 Å². The fourth-order valence-electron chi connectivity index (χ4n) is 4.06. The molecule has 1 aliphatic heterocycles. The van der Waals surface area contributed by atoms with Gasteiger partial charge in [-0.05, 0) is 36.5 Å². The van der Waals surface area contributed by atoms with Gasteiger partial charge in [0, 0.05) is 11.5 Å². The van der Waals surface area contributed by atoms with Crippen molar-refractivity contribution in [2.24, 2.45) is 5.92 Å². The second-order valence-electron chi connectivity index (χ2n) is 6.02. The monoisotopic (exact) mass is 280 g/mol. The van der Waals surface area contributed by atoms with Crippen molar-refractivity contribution >= 4 is 0 Å². The largest absolute Gasteiger partial charge is 0.496 e. The highest BCUT2D eigenvalue weighted by Crippen LogP contribution is 2.56. The summed E-state index contributed by atoms with van der Waals surface area (Å²) >= 11 is 0. The lowest BCUT2D eigenvalue weighted by Crippen LogP contribution is -2.27. The molecule has 0 bridgehead atoms. The first-order chi connectivity index (χ1) is 10.4. The molecule has 1 fully saturated rings. The zero-order valence-electron chi connectivity index (χ0n) is 12.3. The summed E-state index contributed by atoms with van der Waals surface area (Å²) in [6, 6.07) is 16.8. The van der Waals surface area contributed by atoms with Gasteiger partial charge in [0.25, 0.3) is 0 Å². The molecule has 1 aliphatic carbocycles. The van der Waals surface area contributed by atoms with E-state index in [1.807, 2.05) is 6.07 Å². The molecule has 2 heteroatoms. The second kappa shape index (κ2) is 5.10. The third kappa shape index (κ3) is 2.01. The summed E-state index contributed by atoms with van der Waals surface area (Å²) in [5.74, 6) is 3.12. The van der Waals surface area contributed by atoms with E-state index < -0.39 is 0 Å². The van der Waals surface area contributed by atoms with Gasteiger partial charge in [-0.15, -0.1) is 0 Å². The van der Waals surface area contributed by atoms with Gasteiger partial charge in [-0.3, -0.25) is 0 Å². The minimum atomic E-state index is 0.179. The summed E-state index contributed by atoms with van der Waals surface area (Å²) in [6.45, 7) is 0. The first kappa shape index (κ1) is 12.8. The van der Waals surface area contributed by atoms with E-state index in [0.717, 1.165) is 11.5 Å². The van der Waals surface area contributed by atoms with Crippen molar-refractivity contribution in [3.63, 3.8) is 0 Å². The van der Waals surface area contributed by atoms with Crippen LogP contribution in [0.1, 0.15) is 42.4 Å². The Morgan fingerprint density at radius 1 is 1.00 bits per heavy atom. The summed E-state index contributed by atoms with van der Waals surface area (Å²) in [4.78, 5) is 0. The summed E-state index contributed by atoms with van der Waals surface area (Å²) in [5.41, 5.74) is 2.58. The molecule has 1 heterocycles. The van der Waals surface area contributed by atoms with Gasteiger partial charge in [-0.2, -0.15) is 0 Å². The molecule has 0 amide bonds. The van der Waals surface area contributed by atoms with Crippen LogP contribution in [0, 0.1) is 5.92 Å². The van der Waals surface area contributed by atoms with Crippen LogP contribution >= 0.6 is 0 Å². The molecule has 2 aromatic carbocycles. The molecule has 0 aromatic heterocycles. The van der Waals surface area contributed by atoms with Crippen LogP contribution < -0.4 is 9.47 Å². The van der Waals surface area contributed by atoms with Crippen LogP contribution in [0.5, 0.6) is 11.5 Å². The maximum atomic E-state index is 6.39. The molecule has 0 N–H and O–H groups in total. The maximum absolute atomic E-state index is 6.39. The Bertz CT molecular complexity index is 635. The minimum absolute atomic E-state index is 0.179. The SMILES string of the molecule is COc1cccc2c1[C@H]1CCC[C@H]1[C@@H](c1ccccc1)O2. The molecule has 0 radical (unpaired) electrons. The Balaban J connectivity index is 1.81. The standard InChI is InChI=1S/C19H20O2/c1-20-16-11-6-12-17-18(16)14-9-5-10-15(14)19(21-17)13-7-3-2-4-8-13/h2-4,6-8,11-12,14-15,19H,5,9-10H2,1H3/t14-,15+,19+/m0/s1. The molecular weight excluding hydrogens is 260 g/mol. The Morgan fingerprint density at radius 3 is 2.67 bits per heavy atom. The number of ether oxygens (including phenoxy) is 2. The minimum Gasteiger partial charge on any atom is -0.496 e. The lowest BCUT2D eigenvalue weighted by molar-refractivity contribution is 0.102. The van der Waals surface area contributed by atoms with Gasteiger partial charge in [0.05, 0.1) is 7.11 Å². The lowest BCUT2D eigenvalue weighted by atomic mass is 9.79. The van der Waals surface area contributed by atoms with E-state index in [2.05, 4.69) is 42.5 Å². The Morgan fingerprint density at radius 2 is 1.86 bits per heavy atom. The van der Waals surface area contributed by atoms with Gasteiger partial charge in [0.15, 0.2) is 0 Å². The molecule has 3 atom stereocenters. The van der Waals surface area contributed by atoms with Crippen LogP contribution in [0.4, 0.5) is 0 Å². The molecule has 1 saturated carbocycles. The quantitative estimate of drug-likeness (QED) is 0.793. The first-order valence-corrected chi connectivity index (χ1v) is 7.77. The van der Waals surface area contributed by atoms with E-state index in [-0.39, 0.29) is 6.10 Å². The van der Waals surface area contributed by atoms with Gasteiger partial charge in [-0.25, -0.2) is 0 Å². The van der Waals surface area contributed by atoms with Gasteiger partial charge in [0.1, 0.15) is 17.6 Å². The highest BCUT2D eigenvalue weighted by Gasteiger charge is 2.43. The van der Waals surface area contributed by atoms with E-state index in [1.165, 1.54) is 30.4 Å². The molecular formula is C19H20O2. The lowest BCUT2D eigenvalue weighted by Gasteiger charge is -2.37. The van der Waals surface area contributed by atoms with Crippen LogP contribution in [-0.4, -0.2) is 7.11 Å². The first-order valence-electron chi connectivity index (χ1n) is 7.77. The number of hydrogen-bond donors (Lipinski definition) is 0. The Hall–Kier alpha value is -1.96. The van der Waals surface area contributed by atoms with Crippen molar-refractivity contribution in [1.82, 2.24) is 0 Å². The Labute approximate surface area is 125 Å². The molecule has 2 aromatic rings. The van der Waals surface area contributed by atoms with Crippen molar-refractivity contribution in [3.05, 3.63) is 59.7 Å². The van der Waals surface area contributed by atoms with Crippen molar-refractivity contribution in [3.8, 4) is 11.5 Å². The predicted octanol–water partition coefficient (Wildman–Crippen LogP) is 4.71. The highest BCUT2D eigenvalue weighted by atomic mass is 16.5. The average Bonchev–Trinajstić information content (AvgIpc) is 3.03. The fourth-order valence-corrected chi connectivity index (χ4v) is 4.06. The van der Waals surface area contributed by atoms with E-state index in [0.29, 0.717) is 11.8 Å². The fraction of sp³-hybridized carbons (Fsp3) is 0.368. The number of rotatable bonds is 2. The van der Waals surface area contributed by atoms with Crippen LogP contribution in [-0.2, 0) is 0 Å². The highest BCUT2D eigenvalue weighted by molar-refractivity contribution is 5.50. The maximum Gasteiger partial charge on any atom is 0.127 e. The zero-order valence-corrected chi connectivity index (χ0v) is 12.3. The van der Waals surface area contributed by atoms with Crippen molar-refractivity contribution in [1.29, 1.82) is 0 Å². The van der Waals surface area contributed by atoms with Crippen molar-refractivity contribution in [2.75, 3.05) is 7.11 Å². The summed E-state index contributed by atoms with van der Waals surface area (Å²) < 4.78 is 12.0. The van der Waals surface area contributed by atoms with Gasteiger partial charge in [0.2, 0.25) is 0 Å². The normalized spacial score (nSPS) is 26.6. The van der Waals surface area contributed by atoms with Crippen molar-refractivity contribution in [2.45, 2.75) is 31.3 Å². The van der Waals surface area contributed by atoms with Crippen LogP contribution in [0.15, 0.2) is 48.5 Å². The summed E-state index contributed by atoms with van der Waals surface area (Å²) in [5, 5.41) is 0.